The van der Waals surface area contributed by atoms with E-state index in [9.17, 15) is 28.3 Å². The Morgan fingerprint density at radius 2 is 1.66 bits per heavy atom. The molecule has 0 aliphatic carbocycles. The van der Waals surface area contributed by atoms with E-state index >= 15 is 13.2 Å². The first kappa shape index (κ1) is 53.3. The van der Waals surface area contributed by atoms with Gasteiger partial charge in [0.15, 0.2) is 0 Å². The van der Waals surface area contributed by atoms with Gasteiger partial charge in [-0.1, -0.05) is 63.2 Å². The molecule has 7 rings (SSSR count). The SMILES string of the molecule is Cc1ncsc1-c1ccc(CNC(=O)[C@@H]2C[C@@H](O)CN2C(=O)[C@@H](NC(=O)COCC(F)(F)COCCCOc2cc(F)c([C@@H]3c4[nH]c5ccccc5c4C[C@@H](C)N3CC(C)(C)F)c(F)c2)C(C)(C)C)cc1. The summed E-state index contributed by atoms with van der Waals surface area (Å²) in [6.07, 6.45) is -0.351. The van der Waals surface area contributed by atoms with Gasteiger partial charge in [-0.05, 0) is 62.3 Å². The van der Waals surface area contributed by atoms with Crippen molar-refractivity contribution < 1.29 is 55.7 Å². The van der Waals surface area contributed by atoms with Crippen LogP contribution in [-0.2, 0) is 36.8 Å². The number of thiazole rings is 1. The molecule has 71 heavy (non-hydrogen) atoms. The lowest BCUT2D eigenvalue weighted by Gasteiger charge is -2.43. The van der Waals surface area contributed by atoms with E-state index in [0.717, 1.165) is 50.3 Å². The molecule has 5 atom stereocenters. The van der Waals surface area contributed by atoms with Gasteiger partial charge in [0.1, 0.15) is 55.0 Å². The van der Waals surface area contributed by atoms with Gasteiger partial charge in [0.05, 0.1) is 41.4 Å². The summed E-state index contributed by atoms with van der Waals surface area (Å²) in [5.41, 5.74) is 4.05. The lowest BCUT2D eigenvalue weighted by atomic mass is 9.85. The Balaban J connectivity index is 0.855. The lowest BCUT2D eigenvalue weighted by molar-refractivity contribution is -0.147. The first-order chi connectivity index (χ1) is 33.5. The highest BCUT2D eigenvalue weighted by Crippen LogP contribution is 2.44. The topological polar surface area (TPSA) is 158 Å². The number of aromatic amines is 1. The van der Waals surface area contributed by atoms with Crippen LogP contribution in [0.2, 0.25) is 0 Å². The average molecular weight is 1010 g/mol. The first-order valence-electron chi connectivity index (χ1n) is 23.7. The number of amides is 3. The molecule has 0 bridgehead atoms. The second kappa shape index (κ2) is 22.1. The molecule has 0 unspecified atom stereocenters. The molecular formula is C52H63F5N6O7S. The third-order valence-corrected chi connectivity index (χ3v) is 13.7. The maximum atomic E-state index is 16.0. The molecule has 2 aromatic heterocycles. The van der Waals surface area contributed by atoms with Crippen LogP contribution < -0.4 is 15.4 Å². The fourth-order valence-electron chi connectivity index (χ4n) is 9.29. The molecule has 4 N–H and O–H groups in total. The van der Waals surface area contributed by atoms with Crippen LogP contribution in [-0.4, -0.2) is 125 Å². The molecule has 384 valence electrons. The van der Waals surface area contributed by atoms with Gasteiger partial charge >= 0.3 is 0 Å². The van der Waals surface area contributed by atoms with E-state index in [0.29, 0.717) is 12.1 Å². The number of H-pyrrole nitrogens is 1. The van der Waals surface area contributed by atoms with Gasteiger partial charge in [0, 0.05) is 72.8 Å². The highest BCUT2D eigenvalue weighted by molar-refractivity contribution is 7.13. The summed E-state index contributed by atoms with van der Waals surface area (Å²) in [6, 6.07) is 13.9. The van der Waals surface area contributed by atoms with Crippen LogP contribution in [0.1, 0.15) is 88.5 Å². The third-order valence-electron chi connectivity index (χ3n) is 12.7. The molecule has 0 saturated carbocycles. The molecule has 0 radical (unpaired) electrons. The lowest BCUT2D eigenvalue weighted by Crippen LogP contribution is -2.58. The molecule has 2 aliphatic heterocycles. The van der Waals surface area contributed by atoms with Gasteiger partial charge < -0.3 is 39.8 Å². The second-order valence-electron chi connectivity index (χ2n) is 20.3. The van der Waals surface area contributed by atoms with Crippen molar-refractivity contribution in [3.63, 3.8) is 0 Å². The van der Waals surface area contributed by atoms with Crippen LogP contribution in [0, 0.1) is 24.0 Å². The number of benzene rings is 3. The van der Waals surface area contributed by atoms with Crippen LogP contribution >= 0.6 is 11.3 Å². The Morgan fingerprint density at radius 3 is 2.32 bits per heavy atom. The van der Waals surface area contributed by atoms with Crippen LogP contribution in [0.25, 0.3) is 21.3 Å². The number of halogens is 5. The van der Waals surface area contributed by atoms with E-state index < -0.39 is 90.4 Å². The molecule has 19 heteroatoms. The van der Waals surface area contributed by atoms with Crippen molar-refractivity contribution in [3.05, 3.63) is 106 Å². The van der Waals surface area contributed by atoms with Crippen molar-refractivity contribution in [3.8, 4) is 16.2 Å². The number of aliphatic hydroxyl groups excluding tert-OH is 1. The zero-order chi connectivity index (χ0) is 51.4. The van der Waals surface area contributed by atoms with E-state index in [1.807, 2.05) is 62.4 Å². The van der Waals surface area contributed by atoms with E-state index in [4.69, 9.17) is 14.2 Å². The number of aryl methyl sites for hydroxylation is 1. The maximum absolute atomic E-state index is 16.0. The zero-order valence-corrected chi connectivity index (χ0v) is 41.9. The zero-order valence-electron chi connectivity index (χ0n) is 41.1. The van der Waals surface area contributed by atoms with Crippen molar-refractivity contribution in [2.45, 2.75) is 116 Å². The smallest absolute Gasteiger partial charge is 0.293 e. The number of nitrogens with one attached hydrogen (secondary N) is 3. The largest absolute Gasteiger partial charge is 0.493 e. The Morgan fingerprint density at radius 1 is 0.972 bits per heavy atom. The van der Waals surface area contributed by atoms with Crippen molar-refractivity contribution in [1.29, 1.82) is 0 Å². The number of hydrogen-bond acceptors (Lipinski definition) is 10. The second-order valence-corrected chi connectivity index (χ2v) is 21.1. The molecule has 5 aromatic rings. The van der Waals surface area contributed by atoms with Crippen molar-refractivity contribution >= 4 is 40.0 Å². The van der Waals surface area contributed by atoms with Crippen molar-refractivity contribution in [2.75, 3.05) is 46.1 Å². The number of likely N-dealkylation sites (tertiary alicyclic amines) is 1. The van der Waals surface area contributed by atoms with Crippen LogP contribution in [0.3, 0.4) is 0 Å². The fraction of sp³-hybridized carbons (Fsp3) is 0.500. The van der Waals surface area contributed by atoms with Gasteiger partial charge in [-0.3, -0.25) is 19.3 Å². The monoisotopic (exact) mass is 1010 g/mol. The predicted molar refractivity (Wildman–Crippen MR) is 260 cm³/mol. The Bertz CT molecular complexity index is 2640. The minimum Gasteiger partial charge on any atom is -0.493 e. The van der Waals surface area contributed by atoms with Gasteiger partial charge in [0.2, 0.25) is 17.7 Å². The summed E-state index contributed by atoms with van der Waals surface area (Å²) in [5.74, 6) is -7.33. The Kier molecular flexibility index (Phi) is 16.6. The van der Waals surface area contributed by atoms with Gasteiger partial charge in [-0.25, -0.2) is 26.9 Å². The minimum atomic E-state index is -3.51. The maximum Gasteiger partial charge on any atom is 0.293 e. The third kappa shape index (κ3) is 13.1. The molecule has 3 amide bonds. The number of carbonyl (C=O) groups excluding carboxylic acids is 3. The Hall–Kier alpha value is -5.47. The number of hydrogen-bond donors (Lipinski definition) is 4. The normalized spacial score (nSPS) is 19.2. The first-order valence-corrected chi connectivity index (χ1v) is 24.6. The van der Waals surface area contributed by atoms with E-state index in [-0.39, 0.29) is 63.0 Å². The molecule has 4 heterocycles. The fourth-order valence-corrected chi connectivity index (χ4v) is 10.1. The van der Waals surface area contributed by atoms with Gasteiger partial charge in [-0.15, -0.1) is 11.3 Å². The number of para-hydroxylation sites is 1. The number of β-amino-alcohol motifs (C(OH)–C–C–N with tert-alkyl or cyclic N) is 1. The number of ether oxygens (including phenoxy) is 3. The average Bonchev–Trinajstić information content (AvgIpc) is 4.02. The Labute approximate surface area is 414 Å². The molecule has 2 aliphatic rings. The number of aromatic nitrogens is 2. The van der Waals surface area contributed by atoms with Crippen molar-refractivity contribution in [1.82, 2.24) is 30.4 Å². The van der Waals surface area contributed by atoms with E-state index in [1.165, 1.54) is 30.1 Å². The molecular weight excluding hydrogens is 948 g/mol. The van der Waals surface area contributed by atoms with Crippen LogP contribution in [0.4, 0.5) is 22.0 Å². The van der Waals surface area contributed by atoms with Gasteiger partial charge in [0.25, 0.3) is 5.92 Å². The number of rotatable bonds is 20. The minimum absolute atomic E-state index is 0.0106. The number of nitrogens with zero attached hydrogens (tertiary/aromatic N) is 3. The summed E-state index contributed by atoms with van der Waals surface area (Å²) < 4.78 is 92.6. The van der Waals surface area contributed by atoms with E-state index in [2.05, 4.69) is 20.6 Å². The molecule has 13 nitrogen and oxygen atoms in total. The summed E-state index contributed by atoms with van der Waals surface area (Å²) in [6.45, 7) is 8.38. The molecule has 1 fully saturated rings. The van der Waals surface area contributed by atoms with E-state index in [1.54, 1.807) is 31.2 Å². The predicted octanol–water partition coefficient (Wildman–Crippen LogP) is 8.21. The summed E-state index contributed by atoms with van der Waals surface area (Å²) in [4.78, 5) is 52.1. The highest BCUT2D eigenvalue weighted by Gasteiger charge is 2.45. The molecule has 3 aromatic carbocycles. The van der Waals surface area contributed by atoms with Gasteiger partial charge in [-0.2, -0.15) is 0 Å². The summed E-state index contributed by atoms with van der Waals surface area (Å²) >= 11 is 1.53. The number of aliphatic hydroxyl groups is 1. The van der Waals surface area contributed by atoms with Crippen LogP contribution in [0.15, 0.2) is 66.2 Å². The standard InChI is InChI=1S/C52H63F5N6O7S/c1-30-19-37-36-11-8-9-12-40(36)60-44(37)45(63(30)26-51(6,7)55)43-38(53)21-35(22-39(43)54)70-18-10-17-68-27-52(56,57)28-69-25-42(65)61-47(50(3,4)5)49(67)62-24-34(64)20-41(62)48(66)58-23-32-13-15-33(16-14-32)46-31(2)59-29-71-46/h8-9,11-16,21-22,29-30,34,41,45,47,60,64H,10,17-20,23-28H2,1-7H3,(H,58,66)(H,61,65)/t30-,34-,41+,45-,47-/m1/s1. The molecule has 0 spiro atoms. The van der Waals surface area contributed by atoms with Crippen molar-refractivity contribution in [2.24, 2.45) is 5.41 Å². The number of fused-ring (bicyclic) bond motifs is 3. The summed E-state index contributed by atoms with van der Waals surface area (Å²) in [7, 11) is 0. The molecule has 1 saturated heterocycles. The quantitative estimate of drug-likeness (QED) is 0.0446. The number of alkyl halides is 3. The summed E-state index contributed by atoms with van der Waals surface area (Å²) in [5, 5.41) is 16.9. The van der Waals surface area contributed by atoms with Crippen LogP contribution in [0.5, 0.6) is 5.75 Å². The number of carbonyl (C=O) groups is 3. The highest BCUT2D eigenvalue weighted by atomic mass is 32.1.